The van der Waals surface area contributed by atoms with E-state index in [2.05, 4.69) is 14.8 Å². The van der Waals surface area contributed by atoms with Gasteiger partial charge in [0.15, 0.2) is 5.82 Å². The second-order valence-electron chi connectivity index (χ2n) is 5.43. The third kappa shape index (κ3) is 4.80. The Morgan fingerprint density at radius 3 is 2.54 bits per heavy atom. The Hall–Kier alpha value is -2.91. The van der Waals surface area contributed by atoms with Crippen LogP contribution in [-0.2, 0) is 15.7 Å². The number of halogens is 4. The zero-order chi connectivity index (χ0) is 19.5. The van der Waals surface area contributed by atoms with Crippen molar-refractivity contribution in [2.75, 3.05) is 7.11 Å². The molecule has 0 bridgehead atoms. The first-order valence-corrected chi connectivity index (χ1v) is 7.36. The van der Waals surface area contributed by atoms with E-state index in [0.29, 0.717) is 6.20 Å². The van der Waals surface area contributed by atoms with E-state index in [1.54, 1.807) is 13.8 Å². The lowest BCUT2D eigenvalue weighted by atomic mass is 10.1. The van der Waals surface area contributed by atoms with Crippen LogP contribution in [0.2, 0.25) is 0 Å². The van der Waals surface area contributed by atoms with Crippen LogP contribution in [0.4, 0.5) is 17.6 Å². The van der Waals surface area contributed by atoms with Gasteiger partial charge in [0.25, 0.3) is 0 Å². The number of esters is 1. The molecule has 6 nitrogen and oxygen atoms in total. The van der Waals surface area contributed by atoms with Gasteiger partial charge in [0.05, 0.1) is 25.0 Å². The Labute approximate surface area is 146 Å². The molecule has 0 spiro atoms. The van der Waals surface area contributed by atoms with Gasteiger partial charge in [-0.15, -0.1) is 5.10 Å². The number of nitrogens with zero attached hydrogens (tertiary/aromatic N) is 3. The lowest BCUT2D eigenvalue weighted by Crippen LogP contribution is -2.12. The van der Waals surface area contributed by atoms with Crippen LogP contribution in [0.3, 0.4) is 0 Å². The predicted octanol–water partition coefficient (Wildman–Crippen LogP) is 3.69. The molecular weight excluding hydrogens is 358 g/mol. The summed E-state index contributed by atoms with van der Waals surface area (Å²) < 4.78 is 63.0. The normalized spacial score (nSPS) is 12.4. The fourth-order valence-electron chi connectivity index (χ4n) is 1.92. The van der Waals surface area contributed by atoms with Crippen molar-refractivity contribution in [3.63, 3.8) is 0 Å². The number of aromatic nitrogens is 3. The molecule has 0 saturated heterocycles. The molecule has 0 fully saturated rings. The summed E-state index contributed by atoms with van der Waals surface area (Å²) in [6, 6.07) is 2.99. The van der Waals surface area contributed by atoms with Crippen LogP contribution in [0.5, 0.6) is 5.75 Å². The Kier molecular flexibility index (Phi) is 5.63. The number of ether oxygens (including phenoxy) is 2. The third-order valence-electron chi connectivity index (χ3n) is 3.02. The first kappa shape index (κ1) is 19.4. The molecule has 2 rings (SSSR count). The topological polar surface area (TPSA) is 66.2 Å². The molecule has 0 atom stereocenters. The van der Waals surface area contributed by atoms with E-state index < -0.39 is 29.6 Å². The average molecular weight is 373 g/mol. The van der Waals surface area contributed by atoms with Crippen molar-refractivity contribution in [3.8, 4) is 17.1 Å². The van der Waals surface area contributed by atoms with Gasteiger partial charge < -0.3 is 9.47 Å². The molecule has 0 aliphatic carbocycles. The second-order valence-corrected chi connectivity index (χ2v) is 5.43. The van der Waals surface area contributed by atoms with E-state index in [9.17, 15) is 22.4 Å². The van der Waals surface area contributed by atoms with E-state index >= 15 is 0 Å². The number of hydrogen-bond acceptors (Lipinski definition) is 5. The fraction of sp³-hybridized carbons (Fsp3) is 0.312. The van der Waals surface area contributed by atoms with E-state index in [1.807, 2.05) is 0 Å². The summed E-state index contributed by atoms with van der Waals surface area (Å²) >= 11 is 0. The van der Waals surface area contributed by atoms with Crippen LogP contribution in [0.15, 0.2) is 30.4 Å². The van der Waals surface area contributed by atoms with Crippen LogP contribution in [-0.4, -0.2) is 33.9 Å². The Balaban J connectivity index is 2.34. The second kappa shape index (κ2) is 7.54. The number of benzene rings is 1. The zero-order valence-corrected chi connectivity index (χ0v) is 14.0. The number of carbonyl (C=O) groups is 1. The maximum atomic E-state index is 13.7. The molecule has 0 radical (unpaired) electrons. The SMILES string of the molecule is COc1cc(-c2ncn(/C=C(\F)C(=O)OC(C)C)n2)cc(C(F)(F)F)c1. The molecule has 2 aromatic rings. The van der Waals surface area contributed by atoms with Gasteiger partial charge in [-0.2, -0.15) is 17.6 Å². The first-order chi connectivity index (χ1) is 12.1. The molecule has 0 amide bonds. The van der Waals surface area contributed by atoms with Crippen molar-refractivity contribution < 1.29 is 31.8 Å². The van der Waals surface area contributed by atoms with Crippen molar-refractivity contribution >= 4 is 12.2 Å². The monoisotopic (exact) mass is 373 g/mol. The van der Waals surface area contributed by atoms with E-state index in [1.165, 1.54) is 13.2 Å². The zero-order valence-electron chi connectivity index (χ0n) is 14.0. The largest absolute Gasteiger partial charge is 0.497 e. The number of alkyl halides is 3. The van der Waals surface area contributed by atoms with Gasteiger partial charge in [-0.3, -0.25) is 0 Å². The Morgan fingerprint density at radius 1 is 1.27 bits per heavy atom. The van der Waals surface area contributed by atoms with Crippen molar-refractivity contribution in [1.29, 1.82) is 0 Å². The van der Waals surface area contributed by atoms with E-state index in [0.717, 1.165) is 23.1 Å². The lowest BCUT2D eigenvalue weighted by molar-refractivity contribution is -0.144. The minimum atomic E-state index is -4.58. The summed E-state index contributed by atoms with van der Waals surface area (Å²) in [6.45, 7) is 3.11. The highest BCUT2D eigenvalue weighted by Gasteiger charge is 2.31. The summed E-state index contributed by atoms with van der Waals surface area (Å²) in [5.41, 5.74) is -0.917. The minimum Gasteiger partial charge on any atom is -0.497 e. The van der Waals surface area contributed by atoms with Crippen molar-refractivity contribution in [1.82, 2.24) is 14.8 Å². The maximum Gasteiger partial charge on any atom is 0.416 e. The predicted molar refractivity (Wildman–Crippen MR) is 83.6 cm³/mol. The summed E-state index contributed by atoms with van der Waals surface area (Å²) in [5, 5.41) is 3.84. The van der Waals surface area contributed by atoms with Crippen molar-refractivity contribution in [3.05, 3.63) is 35.9 Å². The van der Waals surface area contributed by atoms with Crippen LogP contribution in [0, 0.1) is 0 Å². The van der Waals surface area contributed by atoms with Gasteiger partial charge in [0.1, 0.15) is 12.1 Å². The molecular formula is C16H15F4N3O3. The molecule has 0 aliphatic heterocycles. The summed E-state index contributed by atoms with van der Waals surface area (Å²) in [7, 11) is 1.23. The highest BCUT2D eigenvalue weighted by Crippen LogP contribution is 2.34. The molecule has 10 heteroatoms. The number of hydrogen-bond donors (Lipinski definition) is 0. The van der Waals surface area contributed by atoms with Crippen LogP contribution >= 0.6 is 0 Å². The van der Waals surface area contributed by atoms with Gasteiger partial charge >= 0.3 is 12.1 Å². The quantitative estimate of drug-likeness (QED) is 0.454. The van der Waals surface area contributed by atoms with Crippen LogP contribution in [0.1, 0.15) is 19.4 Å². The summed E-state index contributed by atoms with van der Waals surface area (Å²) in [6.07, 6.45) is -3.33. The first-order valence-electron chi connectivity index (χ1n) is 7.36. The van der Waals surface area contributed by atoms with Crippen molar-refractivity contribution in [2.24, 2.45) is 0 Å². The van der Waals surface area contributed by atoms with E-state index in [4.69, 9.17) is 4.74 Å². The van der Waals surface area contributed by atoms with Crippen LogP contribution < -0.4 is 4.74 Å². The molecule has 0 unspecified atom stereocenters. The van der Waals surface area contributed by atoms with Crippen molar-refractivity contribution in [2.45, 2.75) is 26.1 Å². The Morgan fingerprint density at radius 2 is 1.96 bits per heavy atom. The summed E-state index contributed by atoms with van der Waals surface area (Å²) in [4.78, 5) is 15.2. The van der Waals surface area contributed by atoms with Gasteiger partial charge in [-0.25, -0.2) is 14.5 Å². The Bertz CT molecular complexity index is 828. The molecule has 0 saturated carbocycles. The molecule has 140 valence electrons. The fourth-order valence-corrected chi connectivity index (χ4v) is 1.92. The molecule has 1 aromatic carbocycles. The third-order valence-corrected chi connectivity index (χ3v) is 3.02. The minimum absolute atomic E-state index is 0.0222. The lowest BCUT2D eigenvalue weighted by Gasteiger charge is -2.10. The van der Waals surface area contributed by atoms with Gasteiger partial charge in [-0.05, 0) is 32.0 Å². The number of carbonyl (C=O) groups excluding carboxylic acids is 1. The molecule has 1 heterocycles. The average Bonchev–Trinajstić information content (AvgIpc) is 3.01. The maximum absolute atomic E-state index is 13.7. The highest BCUT2D eigenvalue weighted by molar-refractivity contribution is 5.89. The smallest absolute Gasteiger partial charge is 0.416 e. The molecule has 26 heavy (non-hydrogen) atoms. The number of methoxy groups -OCH3 is 1. The molecule has 1 aromatic heterocycles. The molecule has 0 N–H and O–H groups in total. The van der Waals surface area contributed by atoms with E-state index in [-0.39, 0.29) is 17.1 Å². The molecule has 0 aliphatic rings. The number of rotatable bonds is 5. The summed E-state index contributed by atoms with van der Waals surface area (Å²) in [5.74, 6) is -2.54. The van der Waals surface area contributed by atoms with Gasteiger partial charge in [-0.1, -0.05) is 0 Å². The van der Waals surface area contributed by atoms with Gasteiger partial charge in [0.2, 0.25) is 5.83 Å². The standard InChI is InChI=1S/C16H15F4N3O3/c1-9(2)26-15(24)13(17)7-23-8-21-14(22-23)10-4-11(16(18,19)20)6-12(5-10)25-3/h4-9H,1-3H3/b13-7-. The van der Waals surface area contributed by atoms with Crippen LogP contribution in [0.25, 0.3) is 17.6 Å². The van der Waals surface area contributed by atoms with Gasteiger partial charge in [0, 0.05) is 5.56 Å². The highest BCUT2D eigenvalue weighted by atomic mass is 19.4.